The van der Waals surface area contributed by atoms with Crippen molar-refractivity contribution in [3.05, 3.63) is 0 Å². The number of nitrogens with zero attached hydrogens (tertiary/aromatic N) is 2. The van der Waals surface area contributed by atoms with E-state index in [2.05, 4.69) is 10.2 Å². The van der Waals surface area contributed by atoms with Crippen LogP contribution in [-0.2, 0) is 9.59 Å². The molecule has 100 valence electrons. The number of carbonyl (C=O) groups is 2. The van der Waals surface area contributed by atoms with Crippen LogP contribution in [0.5, 0.6) is 0 Å². The first-order valence-corrected chi connectivity index (χ1v) is 7.00. The normalized spacial score (nSPS) is 29.4. The number of nitrogens with one attached hydrogen (secondary N) is 1. The molecule has 2 heterocycles. The molecule has 0 aromatic heterocycles. The molecule has 0 bridgehead atoms. The van der Waals surface area contributed by atoms with Crippen LogP contribution in [0.4, 0.5) is 0 Å². The van der Waals surface area contributed by atoms with E-state index in [0.717, 1.165) is 32.1 Å². The molecule has 1 N–H and O–H groups in total. The van der Waals surface area contributed by atoms with Gasteiger partial charge in [0.1, 0.15) is 0 Å². The van der Waals surface area contributed by atoms with E-state index < -0.39 is 0 Å². The minimum absolute atomic E-state index is 0.0146. The molecule has 2 amide bonds. The average molecular weight is 251 g/mol. The summed E-state index contributed by atoms with van der Waals surface area (Å²) in [7, 11) is 0. The number of amides is 2. The maximum atomic E-state index is 12.2. The van der Waals surface area contributed by atoms with Crippen molar-refractivity contribution in [2.45, 2.75) is 19.3 Å². The second-order valence-corrected chi connectivity index (χ2v) is 5.77. The summed E-state index contributed by atoms with van der Waals surface area (Å²) in [6, 6.07) is 0. The van der Waals surface area contributed by atoms with Crippen LogP contribution in [0.1, 0.15) is 19.3 Å². The molecule has 2 saturated heterocycles. The Morgan fingerprint density at radius 3 is 2.50 bits per heavy atom. The molecule has 2 aliphatic heterocycles. The van der Waals surface area contributed by atoms with E-state index in [1.165, 1.54) is 19.4 Å². The van der Waals surface area contributed by atoms with E-state index in [-0.39, 0.29) is 17.7 Å². The standard InChI is InChI=1S/C13H21N3O2/c17-12-7-11(8-14-12)13(18)16-5-3-15(4-6-16)9-10-1-2-10/h10-11H,1-9H2,(H,14,17). The van der Waals surface area contributed by atoms with Gasteiger partial charge >= 0.3 is 0 Å². The fourth-order valence-electron chi connectivity index (χ4n) is 2.85. The summed E-state index contributed by atoms with van der Waals surface area (Å²) in [6.45, 7) is 5.39. The van der Waals surface area contributed by atoms with Gasteiger partial charge in [0.05, 0.1) is 5.92 Å². The van der Waals surface area contributed by atoms with E-state index in [4.69, 9.17) is 0 Å². The van der Waals surface area contributed by atoms with Gasteiger partial charge in [0.25, 0.3) is 0 Å². The van der Waals surface area contributed by atoms with E-state index in [9.17, 15) is 9.59 Å². The van der Waals surface area contributed by atoms with Gasteiger partial charge in [-0.25, -0.2) is 0 Å². The summed E-state index contributed by atoms with van der Waals surface area (Å²) in [6.07, 6.45) is 3.14. The maximum Gasteiger partial charge on any atom is 0.228 e. The SMILES string of the molecule is O=C1CC(C(=O)N2CCN(CC3CC3)CC2)CN1. The third-order valence-electron chi connectivity index (χ3n) is 4.22. The van der Waals surface area contributed by atoms with Crippen molar-refractivity contribution in [3.8, 4) is 0 Å². The quantitative estimate of drug-likeness (QED) is 0.748. The van der Waals surface area contributed by atoms with Gasteiger partial charge in [0.2, 0.25) is 11.8 Å². The van der Waals surface area contributed by atoms with Gasteiger partial charge in [-0.15, -0.1) is 0 Å². The maximum absolute atomic E-state index is 12.2. The summed E-state index contributed by atoms with van der Waals surface area (Å²) in [4.78, 5) is 27.7. The van der Waals surface area contributed by atoms with E-state index in [1.54, 1.807) is 0 Å². The number of rotatable bonds is 3. The zero-order valence-electron chi connectivity index (χ0n) is 10.7. The Labute approximate surface area is 107 Å². The van der Waals surface area contributed by atoms with Crippen LogP contribution in [0.25, 0.3) is 0 Å². The highest BCUT2D eigenvalue weighted by Crippen LogP contribution is 2.30. The Hall–Kier alpha value is -1.10. The van der Waals surface area contributed by atoms with Crippen molar-refractivity contribution in [2.24, 2.45) is 11.8 Å². The Kier molecular flexibility index (Phi) is 3.24. The molecule has 0 aromatic rings. The Morgan fingerprint density at radius 1 is 1.22 bits per heavy atom. The smallest absolute Gasteiger partial charge is 0.228 e. The lowest BCUT2D eigenvalue weighted by atomic mass is 10.1. The fraction of sp³-hybridized carbons (Fsp3) is 0.846. The minimum Gasteiger partial charge on any atom is -0.355 e. The largest absolute Gasteiger partial charge is 0.355 e. The molecule has 5 nitrogen and oxygen atoms in total. The van der Waals surface area contributed by atoms with Gasteiger partial charge in [-0.3, -0.25) is 14.5 Å². The highest BCUT2D eigenvalue weighted by molar-refractivity contribution is 5.89. The van der Waals surface area contributed by atoms with Crippen LogP contribution in [0.2, 0.25) is 0 Å². The Balaban J connectivity index is 1.46. The molecule has 0 spiro atoms. The summed E-state index contributed by atoms with van der Waals surface area (Å²) in [5.41, 5.74) is 0. The minimum atomic E-state index is -0.118. The van der Waals surface area contributed by atoms with Crippen LogP contribution in [-0.4, -0.2) is 60.9 Å². The highest BCUT2D eigenvalue weighted by atomic mass is 16.2. The fourth-order valence-corrected chi connectivity index (χ4v) is 2.85. The molecule has 1 aliphatic carbocycles. The van der Waals surface area contributed by atoms with Crippen molar-refractivity contribution >= 4 is 11.8 Å². The third kappa shape index (κ3) is 2.66. The van der Waals surface area contributed by atoms with Crippen molar-refractivity contribution in [3.63, 3.8) is 0 Å². The average Bonchev–Trinajstić information content (AvgIpc) is 3.09. The topological polar surface area (TPSA) is 52.7 Å². The third-order valence-corrected chi connectivity index (χ3v) is 4.22. The molecule has 0 aromatic carbocycles. The zero-order chi connectivity index (χ0) is 12.5. The lowest BCUT2D eigenvalue weighted by Gasteiger charge is -2.35. The zero-order valence-corrected chi connectivity index (χ0v) is 10.7. The van der Waals surface area contributed by atoms with Gasteiger partial charge in [0, 0.05) is 45.7 Å². The summed E-state index contributed by atoms with van der Waals surface area (Å²) >= 11 is 0. The molecule has 5 heteroatoms. The van der Waals surface area contributed by atoms with E-state index in [1.807, 2.05) is 4.90 Å². The first-order chi connectivity index (χ1) is 8.72. The molecule has 1 atom stereocenters. The number of carbonyl (C=O) groups excluding carboxylic acids is 2. The molecule has 3 fully saturated rings. The van der Waals surface area contributed by atoms with Crippen molar-refractivity contribution in [1.82, 2.24) is 15.1 Å². The molecule has 0 radical (unpaired) electrons. The van der Waals surface area contributed by atoms with Crippen LogP contribution < -0.4 is 5.32 Å². The Morgan fingerprint density at radius 2 is 1.94 bits per heavy atom. The first kappa shape index (κ1) is 12.0. The van der Waals surface area contributed by atoms with E-state index in [0.29, 0.717) is 13.0 Å². The number of hydrogen-bond donors (Lipinski definition) is 1. The number of piperazine rings is 1. The van der Waals surface area contributed by atoms with Crippen LogP contribution in [0, 0.1) is 11.8 Å². The van der Waals surface area contributed by atoms with Crippen LogP contribution in [0.15, 0.2) is 0 Å². The van der Waals surface area contributed by atoms with Gasteiger partial charge in [-0.2, -0.15) is 0 Å². The van der Waals surface area contributed by atoms with Gasteiger partial charge in [0.15, 0.2) is 0 Å². The molecular formula is C13H21N3O2. The summed E-state index contributed by atoms with van der Waals surface area (Å²) in [5.74, 6) is 0.983. The van der Waals surface area contributed by atoms with Crippen molar-refractivity contribution in [2.75, 3.05) is 39.3 Å². The molecule has 1 unspecified atom stereocenters. The predicted molar refractivity (Wildman–Crippen MR) is 66.9 cm³/mol. The Bertz CT molecular complexity index is 346. The molecular weight excluding hydrogens is 230 g/mol. The van der Waals surface area contributed by atoms with Gasteiger partial charge < -0.3 is 10.2 Å². The molecule has 18 heavy (non-hydrogen) atoms. The lowest BCUT2D eigenvalue weighted by molar-refractivity contribution is -0.137. The van der Waals surface area contributed by atoms with Crippen molar-refractivity contribution in [1.29, 1.82) is 0 Å². The molecule has 3 aliphatic rings. The number of hydrogen-bond acceptors (Lipinski definition) is 3. The van der Waals surface area contributed by atoms with Gasteiger partial charge in [-0.1, -0.05) is 0 Å². The second-order valence-electron chi connectivity index (χ2n) is 5.77. The summed E-state index contributed by atoms with van der Waals surface area (Å²) in [5, 5.41) is 2.74. The lowest BCUT2D eigenvalue weighted by Crippen LogP contribution is -2.50. The molecule has 3 rings (SSSR count). The van der Waals surface area contributed by atoms with Crippen LogP contribution >= 0.6 is 0 Å². The second kappa shape index (κ2) is 4.88. The highest BCUT2D eigenvalue weighted by Gasteiger charge is 2.33. The summed E-state index contributed by atoms with van der Waals surface area (Å²) < 4.78 is 0. The van der Waals surface area contributed by atoms with Crippen LogP contribution in [0.3, 0.4) is 0 Å². The molecule has 1 saturated carbocycles. The van der Waals surface area contributed by atoms with E-state index >= 15 is 0 Å². The van der Waals surface area contributed by atoms with Crippen molar-refractivity contribution < 1.29 is 9.59 Å². The first-order valence-electron chi connectivity index (χ1n) is 7.00. The van der Waals surface area contributed by atoms with Gasteiger partial charge in [-0.05, 0) is 18.8 Å². The predicted octanol–water partition coefficient (Wildman–Crippen LogP) is -0.323. The monoisotopic (exact) mass is 251 g/mol.